The van der Waals surface area contributed by atoms with Crippen LogP contribution in [-0.2, 0) is 6.54 Å². The second kappa shape index (κ2) is 3.57. The van der Waals surface area contributed by atoms with Crippen LogP contribution in [0.1, 0.15) is 13.8 Å². The van der Waals surface area contributed by atoms with E-state index >= 15 is 0 Å². The number of nitrogens with zero attached hydrogens (tertiary/aromatic N) is 4. The minimum atomic E-state index is 0.707. The lowest BCUT2D eigenvalue weighted by molar-refractivity contribution is 0.778. The van der Waals surface area contributed by atoms with Gasteiger partial charge in [-0.3, -0.25) is 0 Å². The Kier molecular flexibility index (Phi) is 2.26. The molecule has 2 heterocycles. The summed E-state index contributed by atoms with van der Waals surface area (Å²) in [7, 11) is 0. The molecule has 2 aliphatic heterocycles. The molecule has 0 aromatic heterocycles. The summed E-state index contributed by atoms with van der Waals surface area (Å²) < 4.78 is 1.99. The molecular formula is C10H12N4. The zero-order chi connectivity index (χ0) is 9.97. The van der Waals surface area contributed by atoms with E-state index in [1.54, 1.807) is 6.33 Å². The van der Waals surface area contributed by atoms with Gasteiger partial charge in [-0.25, -0.2) is 15.0 Å². The van der Waals surface area contributed by atoms with Crippen LogP contribution < -0.4 is 0 Å². The average Bonchev–Trinajstić information content (AvgIpc) is 2.61. The number of hydrogen-bond donors (Lipinski definition) is 0. The minimum absolute atomic E-state index is 0.707. The molecular weight excluding hydrogens is 176 g/mol. The van der Waals surface area contributed by atoms with Crippen molar-refractivity contribution >= 4 is 0 Å². The smallest absolute Gasteiger partial charge is 0.182 e. The van der Waals surface area contributed by atoms with Gasteiger partial charge in [-0.1, -0.05) is 11.6 Å². The molecule has 4 nitrogen and oxygen atoms in total. The van der Waals surface area contributed by atoms with E-state index in [0.717, 1.165) is 12.2 Å². The van der Waals surface area contributed by atoms with Gasteiger partial charge in [-0.05, 0) is 13.8 Å². The van der Waals surface area contributed by atoms with Crippen molar-refractivity contribution in [1.29, 1.82) is 0 Å². The second-order valence-corrected chi connectivity index (χ2v) is 3.43. The molecule has 0 atom stereocenters. The Morgan fingerprint density at radius 1 is 1.36 bits per heavy atom. The molecule has 0 bridgehead atoms. The molecule has 0 N–H and O–H groups in total. The number of rotatable bonds is 2. The predicted octanol–water partition coefficient (Wildman–Crippen LogP) is 1.74. The Morgan fingerprint density at radius 2 is 2.21 bits per heavy atom. The number of imidazole rings is 1. The Balaban J connectivity index is 2.27. The van der Waals surface area contributed by atoms with Gasteiger partial charge in [0.1, 0.15) is 12.0 Å². The largest absolute Gasteiger partial charge is 0.333 e. The maximum absolute atomic E-state index is 4.18. The first-order chi connectivity index (χ1) is 6.75. The highest BCUT2D eigenvalue weighted by Crippen LogP contribution is 2.11. The van der Waals surface area contributed by atoms with Crippen LogP contribution in [-0.4, -0.2) is 19.5 Å². The maximum atomic E-state index is 4.18. The molecule has 14 heavy (non-hydrogen) atoms. The van der Waals surface area contributed by atoms with Crippen LogP contribution in [0.4, 0.5) is 0 Å². The standard InChI is InChI=1S/C10H12N4/c1-8(2)3-4-14-5-9-10(13-7-14)12-6-11-9/h3,5-7H,4H2,1-2H3. The first-order valence-corrected chi connectivity index (χ1v) is 4.51. The highest BCUT2D eigenvalue weighted by Gasteiger charge is 2.05. The molecule has 0 aromatic carbocycles. The van der Waals surface area contributed by atoms with Crippen molar-refractivity contribution in [2.75, 3.05) is 0 Å². The summed E-state index contributed by atoms with van der Waals surface area (Å²) in [6.07, 6.45) is 7.40. The van der Waals surface area contributed by atoms with Gasteiger partial charge in [0.15, 0.2) is 5.82 Å². The first-order valence-electron chi connectivity index (χ1n) is 4.51. The number of aromatic nitrogens is 4. The molecule has 0 radical (unpaired) electrons. The van der Waals surface area contributed by atoms with Crippen LogP contribution >= 0.6 is 0 Å². The lowest BCUT2D eigenvalue weighted by Gasteiger charge is -2.03. The topological polar surface area (TPSA) is 43.6 Å². The first kappa shape index (κ1) is 8.87. The van der Waals surface area contributed by atoms with Crippen molar-refractivity contribution in [2.45, 2.75) is 20.4 Å². The second-order valence-electron chi connectivity index (χ2n) is 3.43. The van der Waals surface area contributed by atoms with Gasteiger partial charge < -0.3 is 4.57 Å². The third-order valence-electron chi connectivity index (χ3n) is 1.93. The van der Waals surface area contributed by atoms with Crippen molar-refractivity contribution < 1.29 is 0 Å². The van der Waals surface area contributed by atoms with E-state index in [9.17, 15) is 0 Å². The van der Waals surface area contributed by atoms with Gasteiger partial charge >= 0.3 is 0 Å². The van der Waals surface area contributed by atoms with Crippen molar-refractivity contribution in [1.82, 2.24) is 19.5 Å². The van der Waals surface area contributed by atoms with Crippen LogP contribution in [0.15, 0.2) is 30.5 Å². The van der Waals surface area contributed by atoms with Crippen LogP contribution in [0.3, 0.4) is 0 Å². The average molecular weight is 188 g/mol. The Morgan fingerprint density at radius 3 is 3.00 bits per heavy atom. The normalized spacial score (nSPS) is 10.4. The van der Waals surface area contributed by atoms with Gasteiger partial charge in [-0.2, -0.15) is 0 Å². The molecule has 0 spiro atoms. The molecule has 2 rings (SSSR count). The zero-order valence-electron chi connectivity index (χ0n) is 8.31. The summed E-state index contributed by atoms with van der Waals surface area (Å²) in [4.78, 5) is 12.3. The van der Waals surface area contributed by atoms with E-state index in [4.69, 9.17) is 0 Å². The monoisotopic (exact) mass is 188 g/mol. The summed E-state index contributed by atoms with van der Waals surface area (Å²) >= 11 is 0. The predicted molar refractivity (Wildman–Crippen MR) is 53.9 cm³/mol. The van der Waals surface area contributed by atoms with E-state index in [1.807, 2.05) is 10.8 Å². The molecule has 0 saturated carbocycles. The van der Waals surface area contributed by atoms with E-state index < -0.39 is 0 Å². The highest BCUT2D eigenvalue weighted by atomic mass is 15.1. The van der Waals surface area contributed by atoms with E-state index in [2.05, 4.69) is 34.9 Å². The van der Waals surface area contributed by atoms with Gasteiger partial charge in [0.25, 0.3) is 0 Å². The highest BCUT2D eigenvalue weighted by molar-refractivity contribution is 5.47. The summed E-state index contributed by atoms with van der Waals surface area (Å²) in [5, 5.41) is 0. The maximum Gasteiger partial charge on any atom is 0.182 e. The number of allylic oxidation sites excluding steroid dienone is 2. The lowest BCUT2D eigenvalue weighted by Crippen LogP contribution is -2.00. The SMILES string of the molecule is CC(C)=CCn1cnc2ncnc-2c1. The molecule has 0 aromatic rings. The van der Waals surface area contributed by atoms with E-state index in [0.29, 0.717) is 5.82 Å². The molecule has 72 valence electrons. The van der Waals surface area contributed by atoms with E-state index in [1.165, 1.54) is 11.9 Å². The molecule has 0 amide bonds. The third-order valence-corrected chi connectivity index (χ3v) is 1.93. The minimum Gasteiger partial charge on any atom is -0.333 e. The molecule has 4 heteroatoms. The quantitative estimate of drug-likeness (QED) is 0.674. The van der Waals surface area contributed by atoms with Gasteiger partial charge in [0, 0.05) is 12.7 Å². The third kappa shape index (κ3) is 1.79. The van der Waals surface area contributed by atoms with Crippen molar-refractivity contribution in [3.8, 4) is 11.5 Å². The van der Waals surface area contributed by atoms with Crippen LogP contribution in [0.5, 0.6) is 0 Å². The molecule has 0 fully saturated rings. The fourth-order valence-electron chi connectivity index (χ4n) is 1.17. The fraction of sp³-hybridized carbons (Fsp3) is 0.300. The lowest BCUT2D eigenvalue weighted by atomic mass is 10.3. The van der Waals surface area contributed by atoms with Crippen LogP contribution in [0.2, 0.25) is 0 Å². The van der Waals surface area contributed by atoms with Crippen LogP contribution in [0, 0.1) is 0 Å². The zero-order valence-corrected chi connectivity index (χ0v) is 8.31. The van der Waals surface area contributed by atoms with E-state index in [-0.39, 0.29) is 0 Å². The number of hydrogen-bond acceptors (Lipinski definition) is 3. The molecule has 0 aliphatic carbocycles. The fourth-order valence-corrected chi connectivity index (χ4v) is 1.17. The summed E-state index contributed by atoms with van der Waals surface area (Å²) in [5.41, 5.74) is 2.14. The van der Waals surface area contributed by atoms with Crippen molar-refractivity contribution in [3.05, 3.63) is 30.5 Å². The van der Waals surface area contributed by atoms with Gasteiger partial charge in [0.05, 0.1) is 6.33 Å². The van der Waals surface area contributed by atoms with Crippen LogP contribution in [0.25, 0.3) is 11.5 Å². The molecule has 0 saturated heterocycles. The Bertz CT molecular complexity index is 426. The summed E-state index contributed by atoms with van der Waals surface area (Å²) in [5.74, 6) is 0.707. The summed E-state index contributed by atoms with van der Waals surface area (Å²) in [6, 6.07) is 0. The van der Waals surface area contributed by atoms with Crippen molar-refractivity contribution in [2.24, 2.45) is 0 Å². The molecule has 2 aliphatic rings. The number of fused-ring (bicyclic) bond motifs is 1. The van der Waals surface area contributed by atoms with Gasteiger partial charge in [0.2, 0.25) is 0 Å². The van der Waals surface area contributed by atoms with Crippen molar-refractivity contribution in [3.63, 3.8) is 0 Å². The Labute approximate surface area is 82.7 Å². The summed E-state index contributed by atoms with van der Waals surface area (Å²) in [6.45, 7) is 4.99. The Hall–Kier alpha value is -1.71. The molecule has 0 unspecified atom stereocenters. The van der Waals surface area contributed by atoms with Gasteiger partial charge in [-0.15, -0.1) is 0 Å².